The van der Waals surface area contributed by atoms with Crippen molar-refractivity contribution in [1.29, 1.82) is 0 Å². The molecule has 0 radical (unpaired) electrons. The van der Waals surface area contributed by atoms with Crippen LogP contribution in [0.1, 0.15) is 29.2 Å². The highest BCUT2D eigenvalue weighted by atomic mass is 19.2. The number of aryl methyl sites for hydroxylation is 1. The first-order valence-corrected chi connectivity index (χ1v) is 6.95. The minimum atomic E-state index is -1.24. The van der Waals surface area contributed by atoms with Crippen LogP contribution in [0.5, 0.6) is 0 Å². The summed E-state index contributed by atoms with van der Waals surface area (Å²) in [6.07, 6.45) is 0.962. The molecule has 4 heteroatoms. The average Bonchev–Trinajstić information content (AvgIpc) is 2.50. The Labute approximate surface area is 121 Å². The second kappa shape index (κ2) is 5.53. The molecule has 3 rings (SSSR count). The van der Waals surface area contributed by atoms with E-state index in [1.54, 1.807) is 0 Å². The first kappa shape index (κ1) is 14.1. The summed E-state index contributed by atoms with van der Waals surface area (Å²) in [7, 11) is 0. The third-order valence-corrected chi connectivity index (χ3v) is 4.19. The Morgan fingerprint density at radius 2 is 1.62 bits per heavy atom. The van der Waals surface area contributed by atoms with Gasteiger partial charge in [-0.1, -0.05) is 24.3 Å². The van der Waals surface area contributed by atoms with Crippen LogP contribution in [0.15, 0.2) is 36.4 Å². The first-order chi connectivity index (χ1) is 10.1. The van der Waals surface area contributed by atoms with Gasteiger partial charge in [-0.3, -0.25) is 0 Å². The number of hydrogen-bond donors (Lipinski definition) is 1. The zero-order valence-electron chi connectivity index (χ0n) is 11.3. The molecule has 0 amide bonds. The number of benzene rings is 2. The van der Waals surface area contributed by atoms with Crippen LogP contribution >= 0.6 is 0 Å². The van der Waals surface area contributed by atoms with Gasteiger partial charge in [0, 0.05) is 11.6 Å². The lowest BCUT2D eigenvalue weighted by Crippen LogP contribution is -2.22. The van der Waals surface area contributed by atoms with E-state index in [2.05, 4.69) is 0 Å². The van der Waals surface area contributed by atoms with Gasteiger partial charge >= 0.3 is 0 Å². The lowest BCUT2D eigenvalue weighted by atomic mass is 9.79. The number of aliphatic hydroxyl groups excluding tert-OH is 1. The van der Waals surface area contributed by atoms with E-state index in [1.807, 2.05) is 24.3 Å². The van der Waals surface area contributed by atoms with Crippen LogP contribution in [-0.4, -0.2) is 5.11 Å². The largest absolute Gasteiger partial charge is 0.388 e. The molecule has 2 aromatic rings. The topological polar surface area (TPSA) is 20.2 Å². The van der Waals surface area contributed by atoms with Gasteiger partial charge in [0.05, 0.1) is 6.10 Å². The van der Waals surface area contributed by atoms with Gasteiger partial charge in [0.15, 0.2) is 11.6 Å². The Morgan fingerprint density at radius 1 is 0.952 bits per heavy atom. The van der Waals surface area contributed by atoms with E-state index in [-0.39, 0.29) is 11.5 Å². The monoisotopic (exact) mass is 292 g/mol. The van der Waals surface area contributed by atoms with E-state index in [1.165, 1.54) is 5.56 Å². The summed E-state index contributed by atoms with van der Waals surface area (Å²) in [5.74, 6) is -3.47. The van der Waals surface area contributed by atoms with E-state index in [0.29, 0.717) is 18.9 Å². The standard InChI is InChI=1S/C17H15F3O/c18-14-9-16(20)15(19)8-13(14)17(21)12-6-5-10-3-1-2-4-11(10)7-12/h1-4,8-9,12,17,21H,5-7H2. The fraction of sp³-hybridized carbons (Fsp3) is 0.294. The normalized spacial score (nSPS) is 19.1. The molecule has 0 bridgehead atoms. The maximum absolute atomic E-state index is 13.8. The summed E-state index contributed by atoms with van der Waals surface area (Å²) in [5.41, 5.74) is 2.18. The Balaban J connectivity index is 1.87. The minimum absolute atomic E-state index is 0.168. The van der Waals surface area contributed by atoms with Gasteiger partial charge in [-0.15, -0.1) is 0 Å². The Morgan fingerprint density at radius 3 is 2.38 bits per heavy atom. The third-order valence-electron chi connectivity index (χ3n) is 4.19. The van der Waals surface area contributed by atoms with E-state index in [9.17, 15) is 18.3 Å². The highest BCUT2D eigenvalue weighted by Gasteiger charge is 2.28. The van der Waals surface area contributed by atoms with Crippen LogP contribution in [0.3, 0.4) is 0 Å². The van der Waals surface area contributed by atoms with Gasteiger partial charge in [0.25, 0.3) is 0 Å². The molecule has 21 heavy (non-hydrogen) atoms. The molecule has 2 unspecified atom stereocenters. The SMILES string of the molecule is OC(c1cc(F)c(F)cc1F)C1CCc2ccccc2C1. The van der Waals surface area contributed by atoms with Crippen LogP contribution in [0.25, 0.3) is 0 Å². The van der Waals surface area contributed by atoms with Gasteiger partial charge < -0.3 is 5.11 Å². The molecule has 0 spiro atoms. The summed E-state index contributed by atoms with van der Waals surface area (Å²) < 4.78 is 40.0. The van der Waals surface area contributed by atoms with Gasteiger partial charge in [-0.05, 0) is 42.4 Å². The molecule has 1 aliphatic carbocycles. The third kappa shape index (κ3) is 2.68. The van der Waals surface area contributed by atoms with Crippen molar-refractivity contribution in [2.75, 3.05) is 0 Å². The first-order valence-electron chi connectivity index (χ1n) is 6.95. The molecule has 110 valence electrons. The molecule has 0 aromatic heterocycles. The van der Waals surface area contributed by atoms with Crippen molar-refractivity contribution >= 4 is 0 Å². The molecule has 0 heterocycles. The molecule has 0 saturated heterocycles. The molecule has 0 fully saturated rings. The van der Waals surface area contributed by atoms with Crippen LogP contribution in [0, 0.1) is 23.4 Å². The molecular formula is C17H15F3O. The van der Waals surface area contributed by atoms with Crippen LogP contribution in [0.2, 0.25) is 0 Å². The fourth-order valence-electron chi connectivity index (χ4n) is 3.01. The smallest absolute Gasteiger partial charge is 0.161 e. The summed E-state index contributed by atoms with van der Waals surface area (Å²) in [5, 5.41) is 10.3. The number of rotatable bonds is 2. The van der Waals surface area contributed by atoms with Gasteiger partial charge in [0.1, 0.15) is 5.82 Å². The molecule has 1 N–H and O–H groups in total. The van der Waals surface area contributed by atoms with Crippen molar-refractivity contribution in [3.8, 4) is 0 Å². The maximum Gasteiger partial charge on any atom is 0.161 e. The van der Waals surface area contributed by atoms with Crippen LogP contribution in [0.4, 0.5) is 13.2 Å². The zero-order valence-corrected chi connectivity index (χ0v) is 11.3. The van der Waals surface area contributed by atoms with Crippen molar-refractivity contribution < 1.29 is 18.3 Å². The number of halogens is 3. The average molecular weight is 292 g/mol. The van der Waals surface area contributed by atoms with Crippen molar-refractivity contribution in [3.05, 3.63) is 70.5 Å². The van der Waals surface area contributed by atoms with E-state index in [0.717, 1.165) is 18.1 Å². The molecule has 1 aliphatic rings. The van der Waals surface area contributed by atoms with Gasteiger partial charge in [-0.25, -0.2) is 13.2 Å². The Kier molecular flexibility index (Phi) is 3.72. The summed E-state index contributed by atoms with van der Waals surface area (Å²) in [6, 6.07) is 9.16. The van der Waals surface area contributed by atoms with E-state index >= 15 is 0 Å². The number of fused-ring (bicyclic) bond motifs is 1. The van der Waals surface area contributed by atoms with Crippen molar-refractivity contribution in [2.45, 2.75) is 25.4 Å². The van der Waals surface area contributed by atoms with Crippen LogP contribution < -0.4 is 0 Å². The maximum atomic E-state index is 13.8. The summed E-state index contributed by atoms with van der Waals surface area (Å²) in [6.45, 7) is 0. The molecule has 2 atom stereocenters. The molecular weight excluding hydrogens is 277 g/mol. The number of hydrogen-bond acceptors (Lipinski definition) is 1. The Bertz CT molecular complexity index is 669. The molecule has 0 aliphatic heterocycles. The van der Waals surface area contributed by atoms with Gasteiger partial charge in [-0.2, -0.15) is 0 Å². The predicted octanol–water partition coefficient (Wildman–Crippen LogP) is 3.94. The number of aliphatic hydroxyl groups is 1. The van der Waals surface area contributed by atoms with Crippen LogP contribution in [-0.2, 0) is 12.8 Å². The zero-order chi connectivity index (χ0) is 15.0. The summed E-state index contributed by atoms with van der Waals surface area (Å²) >= 11 is 0. The molecule has 2 aromatic carbocycles. The van der Waals surface area contributed by atoms with Crippen molar-refractivity contribution in [2.24, 2.45) is 5.92 Å². The fourth-order valence-corrected chi connectivity index (χ4v) is 3.01. The highest BCUT2D eigenvalue weighted by molar-refractivity contribution is 5.31. The quantitative estimate of drug-likeness (QED) is 0.831. The lowest BCUT2D eigenvalue weighted by molar-refractivity contribution is 0.0954. The molecule has 0 saturated carbocycles. The van der Waals surface area contributed by atoms with E-state index < -0.39 is 23.6 Å². The highest BCUT2D eigenvalue weighted by Crippen LogP contribution is 2.35. The second-order valence-electron chi connectivity index (χ2n) is 5.50. The minimum Gasteiger partial charge on any atom is -0.388 e. The molecule has 1 nitrogen and oxygen atoms in total. The predicted molar refractivity (Wildman–Crippen MR) is 73.2 cm³/mol. The van der Waals surface area contributed by atoms with E-state index in [4.69, 9.17) is 0 Å². The second-order valence-corrected chi connectivity index (χ2v) is 5.50. The van der Waals surface area contributed by atoms with Crippen molar-refractivity contribution in [3.63, 3.8) is 0 Å². The Hall–Kier alpha value is -1.81. The summed E-state index contributed by atoms with van der Waals surface area (Å²) in [4.78, 5) is 0. The van der Waals surface area contributed by atoms with Gasteiger partial charge in [0.2, 0.25) is 0 Å². The lowest BCUT2D eigenvalue weighted by Gasteiger charge is -2.29. The van der Waals surface area contributed by atoms with Crippen molar-refractivity contribution in [1.82, 2.24) is 0 Å².